The second kappa shape index (κ2) is 3.62. The van der Waals surface area contributed by atoms with Gasteiger partial charge in [-0.1, -0.05) is 11.8 Å². The highest BCUT2D eigenvalue weighted by molar-refractivity contribution is 8.00. The highest BCUT2D eigenvalue weighted by Crippen LogP contribution is 2.30. The predicted molar refractivity (Wildman–Crippen MR) is 57.2 cm³/mol. The maximum atomic E-state index is 5.80. The molecule has 1 aliphatic rings. The van der Waals surface area contributed by atoms with Crippen LogP contribution in [-0.2, 0) is 4.74 Å². The van der Waals surface area contributed by atoms with Crippen LogP contribution in [0.5, 0.6) is 0 Å². The number of imidazole rings is 1. The molecule has 0 spiro atoms. The molecule has 15 heavy (non-hydrogen) atoms. The smallest absolute Gasteiger partial charge is 0.225 e. The van der Waals surface area contributed by atoms with E-state index in [0.717, 1.165) is 23.8 Å². The van der Waals surface area contributed by atoms with Crippen molar-refractivity contribution in [2.45, 2.75) is 10.3 Å². The number of aromatic amines is 1. The first-order valence-corrected chi connectivity index (χ1v) is 5.70. The zero-order chi connectivity index (χ0) is 10.3. The fourth-order valence-electron chi connectivity index (χ4n) is 1.31. The second-order valence-electron chi connectivity index (χ2n) is 3.18. The standard InChI is InChI=1S/C8H7ClN4OS/c9-8-12-6-5(10-3-11-6)7(13-8)15-4-1-14-2-4/h3-4H,1-2H2,(H,10,11,12,13). The third-order valence-electron chi connectivity index (χ3n) is 2.11. The van der Waals surface area contributed by atoms with Crippen molar-refractivity contribution in [1.82, 2.24) is 19.9 Å². The molecule has 0 bridgehead atoms. The minimum absolute atomic E-state index is 0.234. The van der Waals surface area contributed by atoms with Gasteiger partial charge in [0, 0.05) is 0 Å². The van der Waals surface area contributed by atoms with Gasteiger partial charge in [-0.2, -0.15) is 4.98 Å². The minimum atomic E-state index is 0.234. The summed E-state index contributed by atoms with van der Waals surface area (Å²) in [5, 5.41) is 1.54. The molecule has 78 valence electrons. The van der Waals surface area contributed by atoms with Crippen LogP contribution in [0.15, 0.2) is 11.4 Å². The summed E-state index contributed by atoms with van der Waals surface area (Å²) < 4.78 is 5.11. The average molecular weight is 243 g/mol. The van der Waals surface area contributed by atoms with Gasteiger partial charge in [-0.05, 0) is 11.6 Å². The van der Waals surface area contributed by atoms with Crippen molar-refractivity contribution < 1.29 is 4.74 Å². The van der Waals surface area contributed by atoms with Crippen molar-refractivity contribution >= 4 is 34.5 Å². The summed E-state index contributed by atoms with van der Waals surface area (Å²) in [5.74, 6) is 0. The molecule has 0 atom stereocenters. The molecule has 5 nitrogen and oxygen atoms in total. The molecule has 0 amide bonds. The molecular weight excluding hydrogens is 236 g/mol. The first kappa shape index (κ1) is 9.38. The van der Waals surface area contributed by atoms with Gasteiger partial charge < -0.3 is 9.72 Å². The van der Waals surface area contributed by atoms with Crippen LogP contribution in [0.3, 0.4) is 0 Å². The summed E-state index contributed by atoms with van der Waals surface area (Å²) in [6, 6.07) is 0. The van der Waals surface area contributed by atoms with E-state index in [4.69, 9.17) is 16.3 Å². The van der Waals surface area contributed by atoms with Gasteiger partial charge >= 0.3 is 0 Å². The topological polar surface area (TPSA) is 63.7 Å². The molecular formula is C8H7ClN4OS. The number of halogens is 1. The van der Waals surface area contributed by atoms with E-state index >= 15 is 0 Å². The molecule has 0 saturated carbocycles. The lowest BCUT2D eigenvalue weighted by atomic mass is 10.4. The number of thioether (sulfide) groups is 1. The highest BCUT2D eigenvalue weighted by atomic mass is 35.5. The molecule has 1 N–H and O–H groups in total. The Hall–Kier alpha value is -0.850. The Balaban J connectivity index is 2.02. The average Bonchev–Trinajstić information content (AvgIpc) is 2.58. The van der Waals surface area contributed by atoms with Gasteiger partial charge in [0.1, 0.15) is 10.5 Å². The maximum Gasteiger partial charge on any atom is 0.225 e. The molecule has 0 aromatic carbocycles. The summed E-state index contributed by atoms with van der Waals surface area (Å²) in [4.78, 5) is 15.3. The number of H-pyrrole nitrogens is 1. The summed E-state index contributed by atoms with van der Waals surface area (Å²) in [7, 11) is 0. The summed E-state index contributed by atoms with van der Waals surface area (Å²) in [6.07, 6.45) is 1.59. The van der Waals surface area contributed by atoms with Gasteiger partial charge in [0.05, 0.1) is 24.8 Å². The SMILES string of the molecule is Clc1nc(SC2COC2)c2[nH]cnc2n1. The Morgan fingerprint density at radius 2 is 2.33 bits per heavy atom. The van der Waals surface area contributed by atoms with Gasteiger partial charge in [0.15, 0.2) is 5.65 Å². The number of hydrogen-bond acceptors (Lipinski definition) is 5. The van der Waals surface area contributed by atoms with Crippen LogP contribution in [0.25, 0.3) is 11.2 Å². The zero-order valence-corrected chi connectivity index (χ0v) is 9.18. The van der Waals surface area contributed by atoms with Crippen molar-refractivity contribution in [3.8, 4) is 0 Å². The number of nitrogens with zero attached hydrogens (tertiary/aromatic N) is 3. The molecule has 1 aliphatic heterocycles. The van der Waals surface area contributed by atoms with Crippen LogP contribution in [0, 0.1) is 0 Å². The van der Waals surface area contributed by atoms with E-state index in [1.165, 1.54) is 0 Å². The number of hydrogen-bond donors (Lipinski definition) is 1. The Labute approximate surface area is 94.6 Å². The van der Waals surface area contributed by atoms with Crippen molar-refractivity contribution in [3.05, 3.63) is 11.6 Å². The quantitative estimate of drug-likeness (QED) is 0.639. The molecule has 3 rings (SSSR count). The third kappa shape index (κ3) is 1.68. The summed E-state index contributed by atoms with van der Waals surface area (Å²) in [6.45, 7) is 1.53. The molecule has 1 saturated heterocycles. The zero-order valence-electron chi connectivity index (χ0n) is 7.61. The van der Waals surface area contributed by atoms with Crippen LogP contribution in [0.4, 0.5) is 0 Å². The van der Waals surface area contributed by atoms with Crippen molar-refractivity contribution in [2.75, 3.05) is 13.2 Å². The maximum absolute atomic E-state index is 5.80. The predicted octanol–water partition coefficient (Wildman–Crippen LogP) is 1.50. The van der Waals surface area contributed by atoms with Crippen LogP contribution >= 0.6 is 23.4 Å². The number of aromatic nitrogens is 4. The molecule has 1 fully saturated rings. The highest BCUT2D eigenvalue weighted by Gasteiger charge is 2.22. The minimum Gasteiger partial charge on any atom is -0.379 e. The van der Waals surface area contributed by atoms with Crippen molar-refractivity contribution in [1.29, 1.82) is 0 Å². The van der Waals surface area contributed by atoms with Gasteiger partial charge in [-0.25, -0.2) is 9.97 Å². The lowest BCUT2D eigenvalue weighted by molar-refractivity contribution is 0.0455. The molecule has 0 unspecified atom stereocenters. The molecule has 2 aromatic heterocycles. The monoisotopic (exact) mass is 242 g/mol. The Kier molecular flexibility index (Phi) is 2.27. The van der Waals surface area contributed by atoms with E-state index < -0.39 is 0 Å². The fraction of sp³-hybridized carbons (Fsp3) is 0.375. The Morgan fingerprint density at radius 3 is 3.07 bits per heavy atom. The van der Waals surface area contributed by atoms with E-state index in [-0.39, 0.29) is 5.28 Å². The molecule has 7 heteroatoms. The van der Waals surface area contributed by atoms with E-state index in [9.17, 15) is 0 Å². The van der Waals surface area contributed by atoms with Crippen molar-refractivity contribution in [2.24, 2.45) is 0 Å². The van der Waals surface area contributed by atoms with Crippen LogP contribution in [0.1, 0.15) is 0 Å². The number of ether oxygens (including phenoxy) is 1. The Morgan fingerprint density at radius 1 is 1.47 bits per heavy atom. The molecule has 2 aromatic rings. The van der Waals surface area contributed by atoms with E-state index in [0.29, 0.717) is 10.9 Å². The van der Waals surface area contributed by atoms with Gasteiger partial charge in [-0.3, -0.25) is 0 Å². The third-order valence-corrected chi connectivity index (χ3v) is 3.40. The lowest BCUT2D eigenvalue weighted by Gasteiger charge is -2.24. The van der Waals surface area contributed by atoms with Gasteiger partial charge in [-0.15, -0.1) is 0 Å². The summed E-state index contributed by atoms with van der Waals surface area (Å²) in [5.41, 5.74) is 1.45. The summed E-state index contributed by atoms with van der Waals surface area (Å²) >= 11 is 7.45. The molecule has 0 aliphatic carbocycles. The van der Waals surface area contributed by atoms with Gasteiger partial charge in [0.2, 0.25) is 5.28 Å². The van der Waals surface area contributed by atoms with E-state index in [1.54, 1.807) is 18.1 Å². The Bertz CT molecular complexity index is 498. The first-order valence-electron chi connectivity index (χ1n) is 4.44. The molecule has 3 heterocycles. The first-order chi connectivity index (χ1) is 7.33. The van der Waals surface area contributed by atoms with Crippen LogP contribution < -0.4 is 0 Å². The van der Waals surface area contributed by atoms with E-state index in [1.807, 2.05) is 0 Å². The van der Waals surface area contributed by atoms with Crippen LogP contribution in [0.2, 0.25) is 5.28 Å². The largest absolute Gasteiger partial charge is 0.379 e. The van der Waals surface area contributed by atoms with Gasteiger partial charge in [0.25, 0.3) is 0 Å². The van der Waals surface area contributed by atoms with Crippen molar-refractivity contribution in [3.63, 3.8) is 0 Å². The second-order valence-corrected chi connectivity index (χ2v) is 4.80. The molecule has 0 radical (unpaired) electrons. The normalized spacial score (nSPS) is 16.9. The van der Waals surface area contributed by atoms with E-state index in [2.05, 4.69) is 19.9 Å². The van der Waals surface area contributed by atoms with Crippen LogP contribution in [-0.4, -0.2) is 38.4 Å². The fourth-order valence-corrected chi connectivity index (χ4v) is 2.57. The number of nitrogens with one attached hydrogen (secondary N) is 1. The number of rotatable bonds is 2. The lowest BCUT2D eigenvalue weighted by Crippen LogP contribution is -2.30. The number of fused-ring (bicyclic) bond motifs is 1.